The molecule has 0 saturated heterocycles. The van der Waals surface area contributed by atoms with Crippen molar-refractivity contribution in [3.05, 3.63) is 17.8 Å². The highest BCUT2D eigenvalue weighted by atomic mass is 32.2. The molecule has 3 N–H and O–H groups in total. The number of aromatic nitrogens is 1. The summed E-state index contributed by atoms with van der Waals surface area (Å²) in [6, 6.07) is 1.44. The van der Waals surface area contributed by atoms with E-state index in [0.29, 0.717) is 5.82 Å². The van der Waals surface area contributed by atoms with Crippen molar-refractivity contribution in [2.24, 2.45) is 0 Å². The fourth-order valence-corrected chi connectivity index (χ4v) is 1.79. The third kappa shape index (κ3) is 5.12. The van der Waals surface area contributed by atoms with Crippen molar-refractivity contribution in [1.82, 2.24) is 4.98 Å². The van der Waals surface area contributed by atoms with Crippen LogP contribution in [-0.2, 0) is 14.6 Å². The zero-order chi connectivity index (χ0) is 14.5. The summed E-state index contributed by atoms with van der Waals surface area (Å²) in [7, 11) is -3.04. The van der Waals surface area contributed by atoms with Gasteiger partial charge in [-0.3, -0.25) is 0 Å². The fraction of sp³-hybridized carbons (Fsp3) is 0.455. The van der Waals surface area contributed by atoms with Crippen molar-refractivity contribution in [2.75, 3.05) is 36.2 Å². The van der Waals surface area contributed by atoms with Crippen LogP contribution in [0.1, 0.15) is 17.3 Å². The molecule has 0 atom stereocenters. The van der Waals surface area contributed by atoms with E-state index in [1.54, 1.807) is 6.92 Å². The van der Waals surface area contributed by atoms with E-state index < -0.39 is 15.8 Å². The molecular formula is C11H17N3O4S. The number of ether oxygens (including phenoxy) is 1. The smallest absolute Gasteiger partial charge is 0.340 e. The van der Waals surface area contributed by atoms with E-state index in [1.807, 2.05) is 0 Å². The lowest BCUT2D eigenvalue weighted by Gasteiger charge is -2.08. The molecule has 0 bridgehead atoms. The predicted octanol–water partition coefficient (Wildman–Crippen LogP) is 0.297. The molecule has 7 nitrogen and oxygen atoms in total. The first-order valence-electron chi connectivity index (χ1n) is 5.67. The van der Waals surface area contributed by atoms with Gasteiger partial charge in [0.2, 0.25) is 0 Å². The van der Waals surface area contributed by atoms with Crippen LogP contribution in [0.15, 0.2) is 12.3 Å². The minimum Gasteiger partial charge on any atom is -0.462 e. The van der Waals surface area contributed by atoms with E-state index in [4.69, 9.17) is 10.5 Å². The monoisotopic (exact) mass is 287 g/mol. The summed E-state index contributed by atoms with van der Waals surface area (Å²) < 4.78 is 26.8. The number of carbonyl (C=O) groups is 1. The van der Waals surface area contributed by atoms with Crippen LogP contribution in [0.5, 0.6) is 0 Å². The van der Waals surface area contributed by atoms with Gasteiger partial charge in [0.05, 0.1) is 29.8 Å². The van der Waals surface area contributed by atoms with Crippen molar-refractivity contribution in [3.8, 4) is 0 Å². The summed E-state index contributed by atoms with van der Waals surface area (Å²) in [4.78, 5) is 15.6. The minimum atomic E-state index is -3.04. The number of hydrogen-bond acceptors (Lipinski definition) is 7. The van der Waals surface area contributed by atoms with Crippen molar-refractivity contribution < 1.29 is 17.9 Å². The van der Waals surface area contributed by atoms with Gasteiger partial charge in [-0.1, -0.05) is 0 Å². The molecule has 1 rings (SSSR count). The Hall–Kier alpha value is -1.83. The second-order valence-corrected chi connectivity index (χ2v) is 6.19. The molecule has 0 spiro atoms. The first-order chi connectivity index (χ1) is 8.83. The Morgan fingerprint density at radius 2 is 2.21 bits per heavy atom. The molecule has 0 fully saturated rings. The molecule has 0 saturated carbocycles. The lowest BCUT2D eigenvalue weighted by Crippen LogP contribution is -2.16. The highest BCUT2D eigenvalue weighted by Gasteiger charge is 2.12. The van der Waals surface area contributed by atoms with Gasteiger partial charge in [-0.2, -0.15) is 0 Å². The van der Waals surface area contributed by atoms with Gasteiger partial charge in [0.15, 0.2) is 0 Å². The average molecular weight is 287 g/mol. The van der Waals surface area contributed by atoms with Gasteiger partial charge in [-0.25, -0.2) is 18.2 Å². The molecule has 8 heteroatoms. The van der Waals surface area contributed by atoms with E-state index in [2.05, 4.69) is 10.3 Å². The minimum absolute atomic E-state index is 0.0200. The number of hydrogen-bond donors (Lipinski definition) is 2. The molecule has 1 aromatic heterocycles. The number of pyridine rings is 1. The Kier molecular flexibility index (Phi) is 5.11. The number of sulfone groups is 1. The van der Waals surface area contributed by atoms with Gasteiger partial charge >= 0.3 is 5.97 Å². The van der Waals surface area contributed by atoms with Crippen molar-refractivity contribution >= 4 is 27.3 Å². The SMILES string of the molecule is CCOC(=O)c1cc(NCCS(C)(=O)=O)ncc1N. The number of rotatable bonds is 6. The average Bonchev–Trinajstić information content (AvgIpc) is 2.30. The van der Waals surface area contributed by atoms with Crippen LogP contribution in [-0.4, -0.2) is 44.5 Å². The molecular weight excluding hydrogens is 270 g/mol. The van der Waals surface area contributed by atoms with E-state index in [-0.39, 0.29) is 30.2 Å². The summed E-state index contributed by atoms with van der Waals surface area (Å²) in [5, 5.41) is 2.81. The first kappa shape index (κ1) is 15.2. The number of esters is 1. The highest BCUT2D eigenvalue weighted by molar-refractivity contribution is 7.90. The van der Waals surface area contributed by atoms with Crippen LogP contribution < -0.4 is 11.1 Å². The third-order valence-electron chi connectivity index (χ3n) is 2.21. The van der Waals surface area contributed by atoms with Crippen LogP contribution in [0.3, 0.4) is 0 Å². The second-order valence-electron chi connectivity index (χ2n) is 3.93. The third-order valence-corrected chi connectivity index (χ3v) is 3.15. The molecule has 0 aliphatic heterocycles. The Bertz CT molecular complexity index is 557. The standard InChI is InChI=1S/C11H17N3O4S/c1-3-18-11(15)8-6-10(14-7-9(8)12)13-4-5-19(2,16)17/h6-7H,3-5,12H2,1-2H3,(H,13,14). The van der Waals surface area contributed by atoms with Crippen LogP contribution in [0, 0.1) is 0 Å². The number of carbonyl (C=O) groups excluding carboxylic acids is 1. The summed E-state index contributed by atoms with van der Waals surface area (Å²) in [5.41, 5.74) is 6.05. The Balaban J connectivity index is 2.76. The van der Waals surface area contributed by atoms with Gasteiger partial charge in [0, 0.05) is 12.8 Å². The Labute approximate surface area is 112 Å². The van der Waals surface area contributed by atoms with Crippen molar-refractivity contribution in [1.29, 1.82) is 0 Å². The lowest BCUT2D eigenvalue weighted by molar-refractivity contribution is 0.0527. The maximum atomic E-state index is 11.6. The Morgan fingerprint density at radius 1 is 1.53 bits per heavy atom. The highest BCUT2D eigenvalue weighted by Crippen LogP contribution is 2.15. The number of anilines is 2. The van der Waals surface area contributed by atoms with Gasteiger partial charge in [-0.05, 0) is 13.0 Å². The number of nitrogens with one attached hydrogen (secondary N) is 1. The summed E-state index contributed by atoms with van der Waals surface area (Å²) in [6.45, 7) is 2.15. The maximum Gasteiger partial charge on any atom is 0.340 e. The number of nitrogens with two attached hydrogens (primary N) is 1. The largest absolute Gasteiger partial charge is 0.462 e. The van der Waals surface area contributed by atoms with E-state index in [9.17, 15) is 13.2 Å². The summed E-state index contributed by atoms with van der Waals surface area (Å²) in [6.07, 6.45) is 2.48. The first-order valence-corrected chi connectivity index (χ1v) is 7.73. The fourth-order valence-electron chi connectivity index (χ4n) is 1.31. The van der Waals surface area contributed by atoms with Gasteiger partial charge in [0.25, 0.3) is 0 Å². The zero-order valence-corrected chi connectivity index (χ0v) is 11.7. The zero-order valence-electron chi connectivity index (χ0n) is 10.8. The number of nitrogens with zero attached hydrogens (tertiary/aromatic N) is 1. The predicted molar refractivity (Wildman–Crippen MR) is 72.8 cm³/mol. The molecule has 1 heterocycles. The van der Waals surface area contributed by atoms with Gasteiger partial charge in [0.1, 0.15) is 15.7 Å². The van der Waals surface area contributed by atoms with Crippen LogP contribution >= 0.6 is 0 Å². The van der Waals surface area contributed by atoms with Crippen LogP contribution in [0.4, 0.5) is 11.5 Å². The van der Waals surface area contributed by atoms with Crippen LogP contribution in [0.2, 0.25) is 0 Å². The molecule has 0 aliphatic rings. The van der Waals surface area contributed by atoms with E-state index in [0.717, 1.165) is 6.26 Å². The van der Waals surface area contributed by atoms with Crippen molar-refractivity contribution in [2.45, 2.75) is 6.92 Å². The van der Waals surface area contributed by atoms with Gasteiger partial charge < -0.3 is 15.8 Å². The number of nitrogen functional groups attached to an aromatic ring is 1. The molecule has 106 valence electrons. The molecule has 1 aromatic rings. The molecule has 0 aromatic carbocycles. The summed E-state index contributed by atoms with van der Waals surface area (Å²) in [5.74, 6) is -0.178. The van der Waals surface area contributed by atoms with E-state index >= 15 is 0 Å². The summed E-state index contributed by atoms with van der Waals surface area (Å²) >= 11 is 0. The Morgan fingerprint density at radius 3 is 2.79 bits per heavy atom. The molecule has 0 amide bonds. The molecule has 0 aliphatic carbocycles. The molecule has 0 radical (unpaired) electrons. The van der Waals surface area contributed by atoms with Gasteiger partial charge in [-0.15, -0.1) is 0 Å². The second kappa shape index (κ2) is 6.37. The topological polar surface area (TPSA) is 111 Å². The quantitative estimate of drug-likeness (QED) is 0.723. The van der Waals surface area contributed by atoms with Crippen molar-refractivity contribution in [3.63, 3.8) is 0 Å². The molecule has 0 unspecified atom stereocenters. The normalized spacial score (nSPS) is 11.1. The van der Waals surface area contributed by atoms with Crippen LogP contribution in [0.25, 0.3) is 0 Å². The lowest BCUT2D eigenvalue weighted by atomic mass is 10.2. The van der Waals surface area contributed by atoms with E-state index in [1.165, 1.54) is 12.3 Å². The molecule has 19 heavy (non-hydrogen) atoms. The maximum absolute atomic E-state index is 11.6.